The molecule has 0 spiro atoms. The molecule has 7 heteroatoms. The van der Waals surface area contributed by atoms with E-state index in [0.717, 1.165) is 29.6 Å². The van der Waals surface area contributed by atoms with Gasteiger partial charge in [0.15, 0.2) is 4.60 Å². The zero-order chi connectivity index (χ0) is 13.0. The Morgan fingerprint density at radius 3 is 3.00 bits per heavy atom. The summed E-state index contributed by atoms with van der Waals surface area (Å²) < 4.78 is 2.50. The Labute approximate surface area is 118 Å². The topological polar surface area (TPSA) is 68.8 Å². The highest BCUT2D eigenvalue weighted by molar-refractivity contribution is 9.10. The van der Waals surface area contributed by atoms with Crippen molar-refractivity contribution in [2.24, 2.45) is 12.9 Å². The average Bonchev–Trinajstić information content (AvgIpc) is 2.97. The van der Waals surface area contributed by atoms with Gasteiger partial charge in [-0.25, -0.2) is 4.68 Å². The Kier molecular flexibility index (Phi) is 4.87. The molecule has 1 unspecified atom stereocenters. The van der Waals surface area contributed by atoms with Crippen LogP contribution in [-0.4, -0.2) is 15.0 Å². The fraction of sp³-hybridized carbons (Fsp3) is 0.455. The summed E-state index contributed by atoms with van der Waals surface area (Å²) in [5.74, 6) is 5.62. The number of hydrazine groups is 1. The van der Waals surface area contributed by atoms with Crippen LogP contribution < -0.4 is 11.3 Å². The number of nitrogens with zero attached hydrogens (tertiary/aromatic N) is 3. The first kappa shape index (κ1) is 13.7. The second kappa shape index (κ2) is 6.42. The number of hydrogen-bond acceptors (Lipinski definition) is 5. The number of hydrogen-bond donors (Lipinski definition) is 2. The SMILES string of the molecule is Cn1nnc(Br)c1C(CCCc1cccs1)NN. The summed E-state index contributed by atoms with van der Waals surface area (Å²) >= 11 is 5.20. The third-order valence-electron chi connectivity index (χ3n) is 2.85. The maximum absolute atomic E-state index is 5.62. The minimum absolute atomic E-state index is 0.0688. The standard InChI is InChI=1S/C11H16BrN5S/c1-17-10(11(12)15-16-17)9(14-13)6-2-4-8-5-3-7-18-8/h3,5,7,9,14H,2,4,6,13H2,1H3. The fourth-order valence-corrected chi connectivity index (χ4v) is 3.30. The first-order chi connectivity index (χ1) is 8.72. The number of nitrogens with two attached hydrogens (primary N) is 1. The van der Waals surface area contributed by atoms with Gasteiger partial charge in [0.2, 0.25) is 0 Å². The molecule has 3 N–H and O–H groups in total. The van der Waals surface area contributed by atoms with E-state index >= 15 is 0 Å². The molecule has 5 nitrogen and oxygen atoms in total. The van der Waals surface area contributed by atoms with Crippen molar-refractivity contribution in [3.63, 3.8) is 0 Å². The zero-order valence-electron chi connectivity index (χ0n) is 10.1. The smallest absolute Gasteiger partial charge is 0.153 e. The first-order valence-electron chi connectivity index (χ1n) is 5.76. The molecule has 0 saturated heterocycles. The largest absolute Gasteiger partial charge is 0.271 e. The van der Waals surface area contributed by atoms with Crippen LogP contribution in [0, 0.1) is 0 Å². The van der Waals surface area contributed by atoms with E-state index in [1.54, 1.807) is 16.0 Å². The van der Waals surface area contributed by atoms with Crippen LogP contribution in [-0.2, 0) is 13.5 Å². The predicted molar refractivity (Wildman–Crippen MR) is 76.0 cm³/mol. The summed E-state index contributed by atoms with van der Waals surface area (Å²) in [6.07, 6.45) is 3.11. The Bertz CT molecular complexity index is 462. The van der Waals surface area contributed by atoms with Gasteiger partial charge in [-0.2, -0.15) is 0 Å². The molecule has 0 aliphatic rings. The van der Waals surface area contributed by atoms with E-state index in [1.165, 1.54) is 4.88 Å². The van der Waals surface area contributed by atoms with Gasteiger partial charge in [-0.05, 0) is 46.6 Å². The van der Waals surface area contributed by atoms with Crippen LogP contribution in [0.2, 0.25) is 0 Å². The van der Waals surface area contributed by atoms with Gasteiger partial charge in [0.25, 0.3) is 0 Å². The molecule has 0 saturated carbocycles. The molecular formula is C11H16BrN5S. The second-order valence-electron chi connectivity index (χ2n) is 4.08. The molecule has 2 aromatic heterocycles. The lowest BCUT2D eigenvalue weighted by Crippen LogP contribution is -2.30. The lowest BCUT2D eigenvalue weighted by molar-refractivity contribution is 0.465. The van der Waals surface area contributed by atoms with Crippen molar-refractivity contribution < 1.29 is 0 Å². The summed E-state index contributed by atoms with van der Waals surface area (Å²) in [5.41, 5.74) is 3.83. The molecule has 0 aliphatic heterocycles. The van der Waals surface area contributed by atoms with Crippen LogP contribution in [0.3, 0.4) is 0 Å². The van der Waals surface area contributed by atoms with Gasteiger partial charge in [0, 0.05) is 11.9 Å². The van der Waals surface area contributed by atoms with E-state index in [4.69, 9.17) is 5.84 Å². The van der Waals surface area contributed by atoms with E-state index in [2.05, 4.69) is 49.2 Å². The highest BCUT2D eigenvalue weighted by Crippen LogP contribution is 2.24. The normalized spacial score (nSPS) is 12.8. The minimum Gasteiger partial charge on any atom is -0.271 e. The minimum atomic E-state index is 0.0688. The number of thiophene rings is 1. The average molecular weight is 330 g/mol. The van der Waals surface area contributed by atoms with Gasteiger partial charge < -0.3 is 0 Å². The summed E-state index contributed by atoms with van der Waals surface area (Å²) in [5, 5.41) is 10.1. The Balaban J connectivity index is 1.93. The maximum atomic E-state index is 5.62. The number of aromatic nitrogens is 3. The lowest BCUT2D eigenvalue weighted by atomic mass is 10.1. The van der Waals surface area contributed by atoms with Gasteiger partial charge in [-0.3, -0.25) is 11.3 Å². The zero-order valence-corrected chi connectivity index (χ0v) is 12.5. The highest BCUT2D eigenvalue weighted by atomic mass is 79.9. The second-order valence-corrected chi connectivity index (χ2v) is 5.86. The van der Waals surface area contributed by atoms with E-state index in [1.807, 2.05) is 7.05 Å². The van der Waals surface area contributed by atoms with Crippen molar-refractivity contribution in [3.05, 3.63) is 32.7 Å². The molecule has 2 rings (SSSR count). The molecule has 18 heavy (non-hydrogen) atoms. The van der Waals surface area contributed by atoms with Crippen LogP contribution in [0.25, 0.3) is 0 Å². The van der Waals surface area contributed by atoms with Crippen molar-refractivity contribution >= 4 is 27.3 Å². The number of halogens is 1. The van der Waals surface area contributed by atoms with Crippen LogP contribution in [0.1, 0.15) is 29.5 Å². The molecule has 2 aromatic rings. The third kappa shape index (κ3) is 3.17. The van der Waals surface area contributed by atoms with Gasteiger partial charge in [-0.15, -0.1) is 16.4 Å². The summed E-state index contributed by atoms with van der Waals surface area (Å²) in [6.45, 7) is 0. The molecule has 0 fully saturated rings. The number of rotatable bonds is 6. The van der Waals surface area contributed by atoms with E-state index < -0.39 is 0 Å². The summed E-state index contributed by atoms with van der Waals surface area (Å²) in [7, 11) is 1.87. The van der Waals surface area contributed by atoms with Crippen LogP contribution in [0.5, 0.6) is 0 Å². The van der Waals surface area contributed by atoms with Crippen molar-refractivity contribution in [1.82, 2.24) is 20.4 Å². The molecule has 0 radical (unpaired) electrons. The molecular weight excluding hydrogens is 314 g/mol. The number of nitrogens with one attached hydrogen (secondary N) is 1. The number of aryl methyl sites for hydroxylation is 2. The third-order valence-corrected chi connectivity index (χ3v) is 4.36. The molecule has 98 valence electrons. The molecule has 2 heterocycles. The van der Waals surface area contributed by atoms with Crippen LogP contribution >= 0.6 is 27.3 Å². The van der Waals surface area contributed by atoms with Gasteiger partial charge in [-0.1, -0.05) is 11.3 Å². The van der Waals surface area contributed by atoms with Crippen molar-refractivity contribution in [2.45, 2.75) is 25.3 Å². The monoisotopic (exact) mass is 329 g/mol. The highest BCUT2D eigenvalue weighted by Gasteiger charge is 2.18. The first-order valence-corrected chi connectivity index (χ1v) is 7.43. The Hall–Kier alpha value is -0.760. The fourth-order valence-electron chi connectivity index (χ4n) is 1.94. The van der Waals surface area contributed by atoms with Gasteiger partial charge in [0.05, 0.1) is 11.7 Å². The lowest BCUT2D eigenvalue weighted by Gasteiger charge is -2.15. The van der Waals surface area contributed by atoms with Gasteiger partial charge in [0.1, 0.15) is 0 Å². The summed E-state index contributed by atoms with van der Waals surface area (Å²) in [4.78, 5) is 1.41. The molecule has 1 atom stereocenters. The van der Waals surface area contributed by atoms with E-state index in [0.29, 0.717) is 0 Å². The van der Waals surface area contributed by atoms with Crippen molar-refractivity contribution in [1.29, 1.82) is 0 Å². The quantitative estimate of drug-likeness (QED) is 0.629. The summed E-state index contributed by atoms with van der Waals surface area (Å²) in [6, 6.07) is 4.32. The van der Waals surface area contributed by atoms with E-state index in [9.17, 15) is 0 Å². The van der Waals surface area contributed by atoms with Gasteiger partial charge >= 0.3 is 0 Å². The van der Waals surface area contributed by atoms with Crippen molar-refractivity contribution in [2.75, 3.05) is 0 Å². The molecule has 0 aliphatic carbocycles. The van der Waals surface area contributed by atoms with E-state index in [-0.39, 0.29) is 6.04 Å². The van der Waals surface area contributed by atoms with Crippen molar-refractivity contribution in [3.8, 4) is 0 Å². The van der Waals surface area contributed by atoms with Crippen LogP contribution in [0.4, 0.5) is 0 Å². The maximum Gasteiger partial charge on any atom is 0.153 e. The molecule has 0 bridgehead atoms. The predicted octanol–water partition coefficient (Wildman–Crippen LogP) is 2.17. The molecule has 0 amide bonds. The Morgan fingerprint density at radius 2 is 2.44 bits per heavy atom. The Morgan fingerprint density at radius 1 is 1.61 bits per heavy atom. The van der Waals surface area contributed by atoms with Crippen LogP contribution in [0.15, 0.2) is 22.1 Å². The molecule has 0 aromatic carbocycles.